The Balaban J connectivity index is 1.75. The van der Waals surface area contributed by atoms with Crippen molar-refractivity contribution in [1.82, 2.24) is 14.8 Å². The van der Waals surface area contributed by atoms with Gasteiger partial charge < -0.3 is 11.1 Å². The van der Waals surface area contributed by atoms with Crippen LogP contribution >= 0.6 is 0 Å². The highest BCUT2D eigenvalue weighted by Gasteiger charge is 2.30. The van der Waals surface area contributed by atoms with Gasteiger partial charge in [-0.15, -0.1) is 5.10 Å². The number of anilines is 2. The molecule has 0 unspecified atom stereocenters. The van der Waals surface area contributed by atoms with Crippen LogP contribution in [0, 0.1) is 5.82 Å². The van der Waals surface area contributed by atoms with E-state index in [9.17, 15) is 4.39 Å². The zero-order valence-electron chi connectivity index (χ0n) is 12.4. The fourth-order valence-electron chi connectivity index (χ4n) is 3.06. The molecule has 0 fully saturated rings. The van der Waals surface area contributed by atoms with Crippen LogP contribution in [0.5, 0.6) is 0 Å². The Morgan fingerprint density at radius 1 is 1.04 bits per heavy atom. The summed E-state index contributed by atoms with van der Waals surface area (Å²) >= 11 is 0. The third kappa shape index (κ3) is 2.52. The minimum atomic E-state index is -0.239. The van der Waals surface area contributed by atoms with Gasteiger partial charge in [0.05, 0.1) is 12.1 Å². The van der Waals surface area contributed by atoms with Crippen molar-refractivity contribution in [3.8, 4) is 0 Å². The van der Waals surface area contributed by atoms with Gasteiger partial charge in [-0.1, -0.05) is 42.5 Å². The van der Waals surface area contributed by atoms with E-state index in [4.69, 9.17) is 5.73 Å². The molecule has 0 aliphatic carbocycles. The molecule has 5 nitrogen and oxygen atoms in total. The Bertz CT molecular complexity index is 813. The molecular formula is C17H16FN5. The molecule has 0 radical (unpaired) electrons. The van der Waals surface area contributed by atoms with E-state index in [1.807, 2.05) is 22.9 Å². The summed E-state index contributed by atoms with van der Waals surface area (Å²) in [6.07, 6.45) is 0.783. The van der Waals surface area contributed by atoms with Gasteiger partial charge in [0.1, 0.15) is 5.82 Å². The van der Waals surface area contributed by atoms with Gasteiger partial charge in [0.15, 0.2) is 0 Å². The van der Waals surface area contributed by atoms with E-state index in [0.29, 0.717) is 5.95 Å². The van der Waals surface area contributed by atoms with Crippen molar-refractivity contribution in [2.24, 2.45) is 0 Å². The highest BCUT2D eigenvalue weighted by atomic mass is 19.1. The van der Waals surface area contributed by atoms with E-state index in [1.165, 1.54) is 12.1 Å². The molecule has 116 valence electrons. The first-order valence-electron chi connectivity index (χ1n) is 7.49. The molecule has 1 aromatic heterocycles. The van der Waals surface area contributed by atoms with Crippen molar-refractivity contribution in [3.05, 3.63) is 71.5 Å². The average Bonchev–Trinajstić information content (AvgIpc) is 2.95. The maximum absolute atomic E-state index is 13.2. The van der Waals surface area contributed by atoms with Crippen LogP contribution in [0.25, 0.3) is 0 Å². The zero-order chi connectivity index (χ0) is 15.8. The number of hydrogen-bond donors (Lipinski definition) is 2. The van der Waals surface area contributed by atoms with Crippen molar-refractivity contribution in [3.63, 3.8) is 0 Å². The fraction of sp³-hybridized carbons (Fsp3) is 0.176. The van der Waals surface area contributed by atoms with Gasteiger partial charge in [-0.3, -0.25) is 0 Å². The Morgan fingerprint density at radius 2 is 1.78 bits per heavy atom. The molecule has 6 heteroatoms. The van der Waals surface area contributed by atoms with Gasteiger partial charge in [0.2, 0.25) is 11.9 Å². The standard InChI is InChI=1S/C17H16FN5/c18-13-8-6-11(7-9-13)14-10-15(12-4-2-1-3-5-12)23-17(20-14)21-16(19)22-23/h1-9,14-15H,10H2,(H3,19,20,21,22)/t14-,15+/m1/s1. The van der Waals surface area contributed by atoms with Gasteiger partial charge in [0.25, 0.3) is 0 Å². The first-order valence-corrected chi connectivity index (χ1v) is 7.49. The number of nitrogens with one attached hydrogen (secondary N) is 1. The molecule has 0 saturated carbocycles. The lowest BCUT2D eigenvalue weighted by Crippen LogP contribution is -2.28. The van der Waals surface area contributed by atoms with Crippen molar-refractivity contribution >= 4 is 11.9 Å². The number of nitrogens with zero attached hydrogens (tertiary/aromatic N) is 3. The highest BCUT2D eigenvalue weighted by Crippen LogP contribution is 2.37. The molecule has 0 spiro atoms. The van der Waals surface area contributed by atoms with Crippen LogP contribution in [0.1, 0.15) is 29.6 Å². The molecule has 0 bridgehead atoms. The summed E-state index contributed by atoms with van der Waals surface area (Å²) in [5.74, 6) is 0.640. The minimum Gasteiger partial charge on any atom is -0.366 e. The number of halogens is 1. The predicted octanol–water partition coefficient (Wildman–Crippen LogP) is 3.15. The summed E-state index contributed by atoms with van der Waals surface area (Å²) in [5, 5.41) is 7.65. The van der Waals surface area contributed by atoms with Gasteiger partial charge in [-0.2, -0.15) is 4.98 Å². The molecule has 1 aliphatic rings. The first-order chi connectivity index (χ1) is 11.2. The normalized spacial score (nSPS) is 19.9. The second-order valence-corrected chi connectivity index (χ2v) is 5.65. The number of aromatic nitrogens is 3. The number of rotatable bonds is 2. The minimum absolute atomic E-state index is 0.0249. The zero-order valence-corrected chi connectivity index (χ0v) is 12.4. The fourth-order valence-corrected chi connectivity index (χ4v) is 3.06. The Hall–Kier alpha value is -2.89. The molecule has 2 atom stereocenters. The van der Waals surface area contributed by atoms with Crippen LogP contribution in [0.2, 0.25) is 0 Å². The van der Waals surface area contributed by atoms with Gasteiger partial charge >= 0.3 is 0 Å². The number of hydrogen-bond acceptors (Lipinski definition) is 4. The van der Waals surface area contributed by atoms with Crippen LogP contribution in [-0.2, 0) is 0 Å². The summed E-state index contributed by atoms with van der Waals surface area (Å²) in [6.45, 7) is 0. The molecule has 1 aliphatic heterocycles. The van der Waals surface area contributed by atoms with Crippen LogP contribution in [0.15, 0.2) is 54.6 Å². The lowest BCUT2D eigenvalue weighted by Gasteiger charge is -2.31. The van der Waals surface area contributed by atoms with Crippen molar-refractivity contribution in [2.45, 2.75) is 18.5 Å². The van der Waals surface area contributed by atoms with E-state index in [2.05, 4.69) is 27.5 Å². The quantitative estimate of drug-likeness (QED) is 0.763. The Labute approximate surface area is 133 Å². The predicted molar refractivity (Wildman–Crippen MR) is 86.4 cm³/mol. The maximum Gasteiger partial charge on any atom is 0.241 e. The summed E-state index contributed by atoms with van der Waals surface area (Å²) < 4.78 is 15.0. The molecule has 3 aromatic rings. The molecule has 0 amide bonds. The molecular weight excluding hydrogens is 293 g/mol. The lowest BCUT2D eigenvalue weighted by atomic mass is 9.93. The van der Waals surface area contributed by atoms with E-state index >= 15 is 0 Å². The monoisotopic (exact) mass is 309 g/mol. The number of benzene rings is 2. The summed E-state index contributed by atoms with van der Waals surface area (Å²) in [4.78, 5) is 4.26. The van der Waals surface area contributed by atoms with Crippen molar-refractivity contribution < 1.29 is 4.39 Å². The van der Waals surface area contributed by atoms with E-state index in [-0.39, 0.29) is 23.8 Å². The smallest absolute Gasteiger partial charge is 0.241 e. The van der Waals surface area contributed by atoms with E-state index in [0.717, 1.165) is 17.5 Å². The van der Waals surface area contributed by atoms with E-state index in [1.54, 1.807) is 12.1 Å². The Morgan fingerprint density at radius 3 is 2.52 bits per heavy atom. The topological polar surface area (TPSA) is 68.8 Å². The maximum atomic E-state index is 13.2. The number of fused-ring (bicyclic) bond motifs is 1. The lowest BCUT2D eigenvalue weighted by molar-refractivity contribution is 0.431. The van der Waals surface area contributed by atoms with Crippen LogP contribution in [0.4, 0.5) is 16.3 Å². The Kier molecular flexibility index (Phi) is 3.22. The molecule has 0 saturated heterocycles. The number of nitrogen functional groups attached to an aromatic ring is 1. The van der Waals surface area contributed by atoms with E-state index < -0.39 is 0 Å². The first kappa shape index (κ1) is 13.8. The van der Waals surface area contributed by atoms with Gasteiger partial charge in [-0.25, -0.2) is 9.07 Å². The SMILES string of the molecule is Nc1nc2n(n1)[C@H](c1ccccc1)C[C@H](c1ccc(F)cc1)N2. The molecule has 2 heterocycles. The van der Waals surface area contributed by atoms with Gasteiger partial charge in [-0.05, 0) is 29.7 Å². The van der Waals surface area contributed by atoms with Crippen molar-refractivity contribution in [2.75, 3.05) is 11.1 Å². The van der Waals surface area contributed by atoms with Crippen LogP contribution in [-0.4, -0.2) is 14.8 Å². The summed E-state index contributed by atoms with van der Waals surface area (Å²) in [6, 6.07) is 16.7. The van der Waals surface area contributed by atoms with Crippen LogP contribution in [0.3, 0.4) is 0 Å². The second-order valence-electron chi connectivity index (χ2n) is 5.65. The third-order valence-corrected chi connectivity index (χ3v) is 4.16. The largest absolute Gasteiger partial charge is 0.366 e. The third-order valence-electron chi connectivity index (χ3n) is 4.16. The summed E-state index contributed by atoms with van der Waals surface area (Å²) in [5.41, 5.74) is 7.93. The molecule has 4 rings (SSSR count). The number of nitrogens with two attached hydrogens (primary N) is 1. The van der Waals surface area contributed by atoms with Crippen molar-refractivity contribution in [1.29, 1.82) is 0 Å². The highest BCUT2D eigenvalue weighted by molar-refractivity contribution is 5.41. The summed E-state index contributed by atoms with van der Waals surface area (Å²) in [7, 11) is 0. The average molecular weight is 309 g/mol. The molecule has 3 N–H and O–H groups in total. The second kappa shape index (κ2) is 5.39. The molecule has 23 heavy (non-hydrogen) atoms. The molecule has 2 aromatic carbocycles. The van der Waals surface area contributed by atoms with Crippen LogP contribution < -0.4 is 11.1 Å². The van der Waals surface area contributed by atoms with Gasteiger partial charge in [0, 0.05) is 0 Å².